The van der Waals surface area contributed by atoms with Gasteiger partial charge >= 0.3 is 0 Å². The molecule has 0 saturated heterocycles. The van der Waals surface area contributed by atoms with Gasteiger partial charge in [-0.15, -0.1) is 0 Å². The number of hydrogen-bond acceptors (Lipinski definition) is 3. The summed E-state index contributed by atoms with van der Waals surface area (Å²) in [5.74, 6) is -0.902. The molecule has 0 atom stereocenters. The summed E-state index contributed by atoms with van der Waals surface area (Å²) in [5.41, 5.74) is -0.541. The number of sulfonamides is 1. The molecule has 19 heavy (non-hydrogen) atoms. The van der Waals surface area contributed by atoms with Gasteiger partial charge in [0.05, 0.1) is 6.61 Å². The van der Waals surface area contributed by atoms with Crippen LogP contribution in [0.3, 0.4) is 0 Å². The van der Waals surface area contributed by atoms with Gasteiger partial charge in [-0.3, -0.25) is 0 Å². The van der Waals surface area contributed by atoms with Crippen LogP contribution >= 0.6 is 15.9 Å². The van der Waals surface area contributed by atoms with Crippen molar-refractivity contribution in [1.82, 2.24) is 4.72 Å². The summed E-state index contributed by atoms with van der Waals surface area (Å²) in [6.07, 6.45) is 2.45. The second-order valence-electron chi connectivity index (χ2n) is 5.05. The molecule has 4 nitrogen and oxygen atoms in total. The van der Waals surface area contributed by atoms with E-state index in [2.05, 4.69) is 20.7 Å². The number of aliphatic hydroxyl groups is 1. The molecular weight excluding hydrogens is 337 g/mol. The van der Waals surface area contributed by atoms with Gasteiger partial charge in [0.2, 0.25) is 10.0 Å². The molecule has 0 heterocycles. The minimum Gasteiger partial charge on any atom is -0.392 e. The first kappa shape index (κ1) is 14.9. The molecule has 1 aliphatic rings. The van der Waals surface area contributed by atoms with Gasteiger partial charge in [-0.2, -0.15) is 0 Å². The Balaban J connectivity index is 2.42. The van der Waals surface area contributed by atoms with E-state index in [1.54, 1.807) is 6.92 Å². The normalized spacial score (nSPS) is 18.1. The van der Waals surface area contributed by atoms with Gasteiger partial charge in [-0.1, -0.05) is 15.9 Å². The summed E-state index contributed by atoms with van der Waals surface area (Å²) in [6.45, 7) is 1.25. The van der Waals surface area contributed by atoms with E-state index < -0.39 is 32.9 Å². The molecule has 0 bridgehead atoms. The summed E-state index contributed by atoms with van der Waals surface area (Å²) in [4.78, 5) is -0.431. The summed E-state index contributed by atoms with van der Waals surface area (Å²) in [6, 6.07) is 2.57. The van der Waals surface area contributed by atoms with E-state index >= 15 is 0 Å². The smallest absolute Gasteiger partial charge is 0.244 e. The Bertz CT molecular complexity index is 599. The molecule has 0 aliphatic heterocycles. The molecule has 106 valence electrons. The topological polar surface area (TPSA) is 66.4 Å². The predicted octanol–water partition coefficient (Wildman–Crippen LogP) is 2.30. The lowest BCUT2D eigenvalue weighted by molar-refractivity contribution is 0.247. The van der Waals surface area contributed by atoms with Crippen LogP contribution in [0, 0.1) is 5.82 Å². The van der Waals surface area contributed by atoms with Crippen molar-refractivity contribution in [3.8, 4) is 0 Å². The van der Waals surface area contributed by atoms with Crippen LogP contribution in [0.15, 0.2) is 21.5 Å². The Morgan fingerprint density at radius 3 is 2.58 bits per heavy atom. The fourth-order valence-electron chi connectivity index (χ4n) is 2.12. The molecule has 0 amide bonds. The van der Waals surface area contributed by atoms with Crippen LogP contribution in [0.5, 0.6) is 0 Å². The largest absolute Gasteiger partial charge is 0.392 e. The van der Waals surface area contributed by atoms with Crippen LogP contribution in [0.4, 0.5) is 4.39 Å². The van der Waals surface area contributed by atoms with Crippen molar-refractivity contribution in [2.75, 3.05) is 0 Å². The minimum atomic E-state index is -3.93. The van der Waals surface area contributed by atoms with E-state index in [0.717, 1.165) is 19.3 Å². The first-order chi connectivity index (χ1) is 8.77. The van der Waals surface area contributed by atoms with Crippen molar-refractivity contribution in [3.05, 3.63) is 28.0 Å². The zero-order valence-electron chi connectivity index (χ0n) is 10.4. The maximum atomic E-state index is 14.0. The standard InChI is InChI=1S/C12H15BrFNO3S/c1-12(3-2-4-12)15-19(17,18)10-6-9(13)5-8(7-16)11(10)14/h5-6,15-16H,2-4,7H2,1H3. The maximum absolute atomic E-state index is 14.0. The van der Waals surface area contributed by atoms with Crippen LogP contribution in [0.25, 0.3) is 0 Å². The molecule has 0 spiro atoms. The SMILES string of the molecule is CC1(NS(=O)(=O)c2cc(Br)cc(CO)c2F)CCC1. The number of aliphatic hydroxyl groups excluding tert-OH is 1. The Morgan fingerprint density at radius 1 is 1.47 bits per heavy atom. The van der Waals surface area contributed by atoms with Crippen LogP contribution < -0.4 is 4.72 Å². The lowest BCUT2D eigenvalue weighted by Crippen LogP contribution is -2.50. The highest BCUT2D eigenvalue weighted by molar-refractivity contribution is 9.10. The van der Waals surface area contributed by atoms with Gasteiger partial charge in [0, 0.05) is 15.6 Å². The average Bonchev–Trinajstić information content (AvgIpc) is 2.29. The van der Waals surface area contributed by atoms with Crippen LogP contribution in [0.1, 0.15) is 31.7 Å². The highest BCUT2D eigenvalue weighted by Gasteiger charge is 2.37. The number of benzene rings is 1. The second kappa shape index (κ2) is 5.12. The maximum Gasteiger partial charge on any atom is 0.244 e. The molecular formula is C12H15BrFNO3S. The molecule has 0 unspecified atom stereocenters. The van der Waals surface area contributed by atoms with Crippen molar-refractivity contribution in [2.24, 2.45) is 0 Å². The fraction of sp³-hybridized carbons (Fsp3) is 0.500. The van der Waals surface area contributed by atoms with E-state index in [9.17, 15) is 12.8 Å². The zero-order valence-corrected chi connectivity index (χ0v) is 12.8. The van der Waals surface area contributed by atoms with E-state index in [0.29, 0.717) is 4.47 Å². The molecule has 0 radical (unpaired) electrons. The molecule has 2 N–H and O–H groups in total. The molecule has 1 aliphatic carbocycles. The predicted molar refractivity (Wildman–Crippen MR) is 72.6 cm³/mol. The van der Waals surface area contributed by atoms with Crippen molar-refractivity contribution in [1.29, 1.82) is 0 Å². The first-order valence-corrected chi connectivity index (χ1v) is 8.18. The van der Waals surface area contributed by atoms with E-state index in [1.807, 2.05) is 0 Å². The molecule has 1 fully saturated rings. The van der Waals surface area contributed by atoms with E-state index in [4.69, 9.17) is 5.11 Å². The molecule has 2 rings (SSSR count). The quantitative estimate of drug-likeness (QED) is 0.874. The minimum absolute atomic E-state index is 0.0477. The Hall–Kier alpha value is -0.500. The third kappa shape index (κ3) is 2.99. The summed E-state index contributed by atoms with van der Waals surface area (Å²) in [5, 5.41) is 9.05. The lowest BCUT2D eigenvalue weighted by Gasteiger charge is -2.38. The molecule has 0 aromatic heterocycles. The molecule has 1 aromatic carbocycles. The summed E-state index contributed by atoms with van der Waals surface area (Å²) < 4.78 is 41.5. The fourth-order valence-corrected chi connectivity index (χ4v) is 4.39. The first-order valence-electron chi connectivity index (χ1n) is 5.90. The van der Waals surface area contributed by atoms with Crippen molar-refractivity contribution >= 4 is 26.0 Å². The number of hydrogen-bond donors (Lipinski definition) is 2. The lowest BCUT2D eigenvalue weighted by atomic mass is 9.80. The number of nitrogens with one attached hydrogen (secondary N) is 1. The summed E-state index contributed by atoms with van der Waals surface area (Å²) >= 11 is 3.12. The molecule has 1 aromatic rings. The van der Waals surface area contributed by atoms with Gasteiger partial charge in [-0.05, 0) is 38.3 Å². The van der Waals surface area contributed by atoms with Gasteiger partial charge < -0.3 is 5.11 Å². The summed E-state index contributed by atoms with van der Waals surface area (Å²) in [7, 11) is -3.93. The van der Waals surface area contributed by atoms with Gasteiger partial charge in [0.1, 0.15) is 10.7 Å². The van der Waals surface area contributed by atoms with E-state index in [1.165, 1.54) is 12.1 Å². The van der Waals surface area contributed by atoms with Crippen LogP contribution in [-0.2, 0) is 16.6 Å². The Kier molecular flexibility index (Phi) is 4.02. The van der Waals surface area contributed by atoms with Crippen molar-refractivity contribution in [2.45, 2.75) is 43.2 Å². The third-order valence-corrected chi connectivity index (χ3v) is 5.47. The number of rotatable bonds is 4. The Labute approximate surface area is 120 Å². The van der Waals surface area contributed by atoms with Crippen molar-refractivity contribution in [3.63, 3.8) is 0 Å². The second-order valence-corrected chi connectivity index (χ2v) is 7.62. The Morgan fingerprint density at radius 2 is 2.11 bits per heavy atom. The third-order valence-electron chi connectivity index (χ3n) is 3.38. The van der Waals surface area contributed by atoms with Crippen molar-refractivity contribution < 1.29 is 17.9 Å². The highest BCUT2D eigenvalue weighted by Crippen LogP contribution is 2.33. The zero-order chi connectivity index (χ0) is 14.3. The molecule has 7 heteroatoms. The van der Waals surface area contributed by atoms with Gasteiger partial charge in [-0.25, -0.2) is 17.5 Å². The average molecular weight is 352 g/mol. The van der Waals surface area contributed by atoms with Crippen LogP contribution in [-0.4, -0.2) is 19.1 Å². The van der Waals surface area contributed by atoms with Gasteiger partial charge in [0.25, 0.3) is 0 Å². The number of halogens is 2. The highest BCUT2D eigenvalue weighted by atomic mass is 79.9. The van der Waals surface area contributed by atoms with Gasteiger partial charge in [0.15, 0.2) is 0 Å². The monoisotopic (exact) mass is 351 g/mol. The van der Waals surface area contributed by atoms with E-state index in [-0.39, 0.29) is 5.56 Å². The van der Waals surface area contributed by atoms with Crippen LogP contribution in [0.2, 0.25) is 0 Å². The molecule has 1 saturated carbocycles.